The van der Waals surface area contributed by atoms with Gasteiger partial charge in [-0.05, 0) is 37.0 Å². The van der Waals surface area contributed by atoms with Gasteiger partial charge in [0.05, 0.1) is 0 Å². The third kappa shape index (κ3) is 49.7. The van der Waals surface area contributed by atoms with E-state index in [9.17, 15) is 14.4 Å². The molecule has 0 radical (unpaired) electrons. The normalized spacial score (nSPS) is 12.6. The van der Waals surface area contributed by atoms with Gasteiger partial charge in [0, 0.05) is 19.3 Å². The Hall–Kier alpha value is -1.59. The van der Waals surface area contributed by atoms with Gasteiger partial charge < -0.3 is 14.2 Å². The molecule has 0 aromatic rings. The number of carbonyl (C=O) groups excluding carboxylic acids is 3. The SMILES string of the molecule is CCC(C)CCCCCCCCC(=O)OC[C@@H](COC(=O)CCCCCCCCCCCCCC(C)C)OC(=O)CCCCCCCCCCCCCCCCCCCCC(C)C. The number of ether oxygens (including phenoxy) is 3. The van der Waals surface area contributed by atoms with E-state index in [-0.39, 0.29) is 31.1 Å². The Bertz CT molecular complexity index is 978. The van der Waals surface area contributed by atoms with Crippen molar-refractivity contribution >= 4 is 17.9 Å². The highest BCUT2D eigenvalue weighted by Crippen LogP contribution is 2.18. The fraction of sp³-hybridized carbons (Fsp3) is 0.947. The van der Waals surface area contributed by atoms with Crippen LogP contribution in [0.1, 0.15) is 311 Å². The molecule has 0 aliphatic heterocycles. The van der Waals surface area contributed by atoms with Crippen LogP contribution in [0.15, 0.2) is 0 Å². The molecule has 0 amide bonds. The average molecular weight is 892 g/mol. The lowest BCUT2D eigenvalue weighted by Gasteiger charge is -2.18. The summed E-state index contributed by atoms with van der Waals surface area (Å²) in [6.45, 7) is 13.7. The van der Waals surface area contributed by atoms with Crippen LogP contribution in [-0.4, -0.2) is 37.2 Å². The van der Waals surface area contributed by atoms with E-state index < -0.39 is 6.10 Å². The standard InChI is InChI=1S/C57H110O6/c1-7-53(6)45-39-33-29-30-35-41-47-56(59)62-50-54(49-61-55(58)46-40-34-27-23-20-16-18-22-26-32-38-44-52(4)5)63-57(60)48-42-36-28-24-19-15-13-11-9-8-10-12-14-17-21-25-31-37-43-51(2)3/h51-54H,7-50H2,1-6H3/t53?,54-/m1/s1. The van der Waals surface area contributed by atoms with Crippen LogP contribution in [0.2, 0.25) is 0 Å². The van der Waals surface area contributed by atoms with Crippen LogP contribution < -0.4 is 0 Å². The molecule has 374 valence electrons. The van der Waals surface area contributed by atoms with E-state index in [0.29, 0.717) is 19.3 Å². The van der Waals surface area contributed by atoms with Crippen molar-refractivity contribution in [2.24, 2.45) is 17.8 Å². The maximum atomic E-state index is 12.8. The Labute approximate surface area is 393 Å². The summed E-state index contributed by atoms with van der Waals surface area (Å²) < 4.78 is 16.8. The molecule has 0 bridgehead atoms. The molecule has 0 fully saturated rings. The molecule has 0 aromatic heterocycles. The summed E-state index contributed by atoms with van der Waals surface area (Å²) in [5.41, 5.74) is 0. The van der Waals surface area contributed by atoms with E-state index in [1.807, 2.05) is 0 Å². The maximum absolute atomic E-state index is 12.8. The molecule has 6 heteroatoms. The zero-order valence-electron chi connectivity index (χ0n) is 43.4. The maximum Gasteiger partial charge on any atom is 0.306 e. The molecule has 0 aliphatic rings. The van der Waals surface area contributed by atoms with E-state index in [0.717, 1.165) is 75.5 Å². The van der Waals surface area contributed by atoms with Crippen molar-refractivity contribution in [1.82, 2.24) is 0 Å². The number of rotatable bonds is 50. The van der Waals surface area contributed by atoms with Crippen molar-refractivity contribution in [2.75, 3.05) is 13.2 Å². The predicted molar refractivity (Wildman–Crippen MR) is 270 cm³/mol. The van der Waals surface area contributed by atoms with Crippen molar-refractivity contribution in [3.63, 3.8) is 0 Å². The lowest BCUT2D eigenvalue weighted by atomic mass is 10.00. The molecular formula is C57H110O6. The lowest BCUT2D eigenvalue weighted by Crippen LogP contribution is -2.30. The zero-order chi connectivity index (χ0) is 46.3. The second-order valence-corrected chi connectivity index (χ2v) is 20.8. The lowest BCUT2D eigenvalue weighted by molar-refractivity contribution is -0.167. The van der Waals surface area contributed by atoms with Crippen LogP contribution in [0, 0.1) is 17.8 Å². The first-order chi connectivity index (χ1) is 30.6. The Kier molecular flexibility index (Phi) is 47.1. The Balaban J connectivity index is 4.23. The van der Waals surface area contributed by atoms with Gasteiger partial charge in [0.15, 0.2) is 6.10 Å². The van der Waals surface area contributed by atoms with Gasteiger partial charge in [-0.1, -0.05) is 273 Å². The van der Waals surface area contributed by atoms with E-state index in [1.165, 1.54) is 193 Å². The first kappa shape index (κ1) is 61.4. The second kappa shape index (κ2) is 48.3. The molecule has 6 nitrogen and oxygen atoms in total. The molecule has 0 heterocycles. The summed E-state index contributed by atoms with van der Waals surface area (Å²) >= 11 is 0. The Morgan fingerprint density at radius 2 is 0.556 bits per heavy atom. The molecule has 2 atom stereocenters. The van der Waals surface area contributed by atoms with Crippen LogP contribution >= 0.6 is 0 Å². The highest BCUT2D eigenvalue weighted by molar-refractivity contribution is 5.71. The topological polar surface area (TPSA) is 78.9 Å². The molecule has 0 aliphatic carbocycles. The summed E-state index contributed by atoms with van der Waals surface area (Å²) in [5.74, 6) is 1.65. The molecule has 0 aromatic carbocycles. The van der Waals surface area contributed by atoms with Crippen molar-refractivity contribution in [1.29, 1.82) is 0 Å². The van der Waals surface area contributed by atoms with E-state index in [4.69, 9.17) is 14.2 Å². The van der Waals surface area contributed by atoms with Gasteiger partial charge in [0.2, 0.25) is 0 Å². The number of hydrogen-bond donors (Lipinski definition) is 0. The van der Waals surface area contributed by atoms with Crippen LogP contribution in [0.5, 0.6) is 0 Å². The number of esters is 3. The quantitative estimate of drug-likeness (QED) is 0.0344. The highest BCUT2D eigenvalue weighted by Gasteiger charge is 2.19. The summed E-state index contributed by atoms with van der Waals surface area (Å²) in [4.78, 5) is 38.0. The van der Waals surface area contributed by atoms with Crippen molar-refractivity contribution in [3.05, 3.63) is 0 Å². The summed E-state index contributed by atoms with van der Waals surface area (Å²) in [5, 5.41) is 0. The minimum absolute atomic E-state index is 0.0647. The minimum atomic E-state index is -0.764. The average Bonchev–Trinajstić information content (AvgIpc) is 3.25. The molecular weight excluding hydrogens is 781 g/mol. The first-order valence-corrected chi connectivity index (χ1v) is 28.1. The van der Waals surface area contributed by atoms with E-state index in [1.54, 1.807) is 0 Å². The van der Waals surface area contributed by atoms with Crippen LogP contribution in [0.3, 0.4) is 0 Å². The molecule has 0 saturated carbocycles. The number of carbonyl (C=O) groups is 3. The third-order valence-corrected chi connectivity index (χ3v) is 13.3. The molecule has 0 saturated heterocycles. The monoisotopic (exact) mass is 891 g/mol. The van der Waals surface area contributed by atoms with E-state index >= 15 is 0 Å². The van der Waals surface area contributed by atoms with Crippen LogP contribution in [0.4, 0.5) is 0 Å². The Morgan fingerprint density at radius 1 is 0.317 bits per heavy atom. The number of hydrogen-bond acceptors (Lipinski definition) is 6. The van der Waals surface area contributed by atoms with Gasteiger partial charge in [-0.3, -0.25) is 14.4 Å². The fourth-order valence-electron chi connectivity index (χ4n) is 8.61. The first-order valence-electron chi connectivity index (χ1n) is 28.1. The third-order valence-electron chi connectivity index (χ3n) is 13.3. The Morgan fingerprint density at radius 3 is 0.825 bits per heavy atom. The van der Waals surface area contributed by atoms with Gasteiger partial charge in [0.1, 0.15) is 13.2 Å². The van der Waals surface area contributed by atoms with Gasteiger partial charge in [0.25, 0.3) is 0 Å². The fourth-order valence-corrected chi connectivity index (χ4v) is 8.61. The van der Waals surface area contributed by atoms with Crippen LogP contribution in [-0.2, 0) is 28.6 Å². The highest BCUT2D eigenvalue weighted by atomic mass is 16.6. The van der Waals surface area contributed by atoms with E-state index in [2.05, 4.69) is 41.5 Å². The molecule has 63 heavy (non-hydrogen) atoms. The molecule has 0 spiro atoms. The summed E-state index contributed by atoms with van der Waals surface area (Å²) in [7, 11) is 0. The van der Waals surface area contributed by atoms with Crippen LogP contribution in [0.25, 0.3) is 0 Å². The largest absolute Gasteiger partial charge is 0.462 e. The van der Waals surface area contributed by atoms with Gasteiger partial charge >= 0.3 is 17.9 Å². The van der Waals surface area contributed by atoms with Gasteiger partial charge in [-0.2, -0.15) is 0 Å². The molecule has 0 rings (SSSR count). The summed E-state index contributed by atoms with van der Waals surface area (Å²) in [6, 6.07) is 0. The van der Waals surface area contributed by atoms with Crippen molar-refractivity contribution in [3.8, 4) is 0 Å². The molecule has 1 unspecified atom stereocenters. The minimum Gasteiger partial charge on any atom is -0.462 e. The second-order valence-electron chi connectivity index (χ2n) is 20.8. The predicted octanol–water partition coefficient (Wildman–Crippen LogP) is 18.3. The summed E-state index contributed by atoms with van der Waals surface area (Å²) in [6.07, 6.45) is 49.6. The number of unbranched alkanes of at least 4 members (excludes halogenated alkanes) is 32. The smallest absolute Gasteiger partial charge is 0.306 e. The van der Waals surface area contributed by atoms with Gasteiger partial charge in [-0.25, -0.2) is 0 Å². The van der Waals surface area contributed by atoms with Crippen molar-refractivity contribution in [2.45, 2.75) is 317 Å². The van der Waals surface area contributed by atoms with Gasteiger partial charge in [-0.15, -0.1) is 0 Å². The zero-order valence-corrected chi connectivity index (χ0v) is 43.4. The van der Waals surface area contributed by atoms with Crippen molar-refractivity contribution < 1.29 is 28.6 Å². The molecule has 0 N–H and O–H groups in total.